The van der Waals surface area contributed by atoms with Gasteiger partial charge in [0.2, 0.25) is 0 Å². The lowest BCUT2D eigenvalue weighted by atomic mass is 10.2. The van der Waals surface area contributed by atoms with Crippen molar-refractivity contribution in [1.82, 2.24) is 14.5 Å². The predicted octanol–water partition coefficient (Wildman–Crippen LogP) is 5.38. The van der Waals surface area contributed by atoms with E-state index in [0.717, 1.165) is 21.3 Å². The molecule has 2 aromatic heterocycles. The molecule has 25 heavy (non-hydrogen) atoms. The number of imidazole rings is 1. The summed E-state index contributed by atoms with van der Waals surface area (Å²) in [6.07, 6.45) is 3.36. The van der Waals surface area contributed by atoms with Gasteiger partial charge in [-0.15, -0.1) is 0 Å². The van der Waals surface area contributed by atoms with Crippen LogP contribution in [-0.2, 0) is 3.29 Å². The van der Waals surface area contributed by atoms with Crippen LogP contribution in [0.4, 0.5) is 0 Å². The summed E-state index contributed by atoms with van der Waals surface area (Å²) in [5, 5.41) is 11.3. The third-order valence-corrected chi connectivity index (χ3v) is 7.62. The summed E-state index contributed by atoms with van der Waals surface area (Å²) in [7, 11) is 2.94. The number of hydrogen-bond donors (Lipinski definition) is 1. The molecule has 1 N–H and O–H groups in total. The molecule has 3 aromatic rings. The smallest absolute Gasteiger partial charge is 0.133 e. The molecule has 0 aliphatic rings. The quantitative estimate of drug-likeness (QED) is 0.301. The summed E-state index contributed by atoms with van der Waals surface area (Å²) in [6, 6.07) is 13.6. The third-order valence-electron chi connectivity index (χ3n) is 3.87. The Morgan fingerprint density at radius 2 is 1.88 bits per heavy atom. The van der Waals surface area contributed by atoms with Gasteiger partial charge in [0.25, 0.3) is 0 Å². The largest absolute Gasteiger partial charge is 0.506 e. The van der Waals surface area contributed by atoms with Gasteiger partial charge in [0, 0.05) is 5.56 Å². The number of nitrogens with zero attached hydrogens (tertiary/aromatic N) is 3. The van der Waals surface area contributed by atoms with Crippen molar-refractivity contribution in [2.75, 3.05) is 0 Å². The van der Waals surface area contributed by atoms with E-state index >= 15 is 0 Å². The number of rotatable bonds is 5. The van der Waals surface area contributed by atoms with Crippen LogP contribution in [0, 0.1) is 5.92 Å². The Labute approximate surface area is 167 Å². The van der Waals surface area contributed by atoms with Crippen molar-refractivity contribution in [2.24, 2.45) is 5.92 Å². The number of benzene rings is 1. The normalized spacial score (nSPS) is 13.8. The van der Waals surface area contributed by atoms with Crippen molar-refractivity contribution >= 4 is 43.6 Å². The molecule has 2 heterocycles. The molecule has 0 aliphatic heterocycles. The van der Waals surface area contributed by atoms with Crippen LogP contribution >= 0.6 is 43.6 Å². The van der Waals surface area contributed by atoms with Crippen LogP contribution in [0.1, 0.15) is 13.8 Å². The zero-order chi connectivity index (χ0) is 18.0. The van der Waals surface area contributed by atoms with E-state index in [2.05, 4.69) is 67.4 Å². The monoisotopic (exact) mass is 483 g/mol. The molecule has 0 amide bonds. The highest BCUT2D eigenvalue weighted by Gasteiger charge is 2.31. The van der Waals surface area contributed by atoms with E-state index in [0.29, 0.717) is 5.92 Å². The highest BCUT2D eigenvalue weighted by Crippen LogP contribution is 2.46. The van der Waals surface area contributed by atoms with Gasteiger partial charge in [-0.05, 0) is 52.4 Å². The van der Waals surface area contributed by atoms with Gasteiger partial charge in [-0.3, -0.25) is 0 Å². The molecule has 0 aliphatic carbocycles. The highest BCUT2D eigenvalue weighted by molar-refractivity contribution is 14.1. The maximum Gasteiger partial charge on any atom is 0.133 e. The number of aromatic nitrogens is 3. The SMILES string of the molecule is CC(C)C(P)(I)n1cnc(-c2ccccc2)c1Sc1ccc(O)cn1. The fraction of sp³-hybridized carbons (Fsp3) is 0.222. The average molecular weight is 483 g/mol. The molecule has 0 spiro atoms. The van der Waals surface area contributed by atoms with Gasteiger partial charge in [-0.2, -0.15) is 0 Å². The molecule has 7 heteroatoms. The van der Waals surface area contributed by atoms with Gasteiger partial charge < -0.3 is 9.67 Å². The molecule has 2 atom stereocenters. The average Bonchev–Trinajstić information content (AvgIpc) is 3.02. The summed E-state index contributed by atoms with van der Waals surface area (Å²) >= 11 is 4.01. The van der Waals surface area contributed by atoms with Gasteiger partial charge in [-0.1, -0.05) is 53.4 Å². The Balaban J connectivity index is 2.11. The molecule has 2 unspecified atom stereocenters. The summed E-state index contributed by atoms with van der Waals surface area (Å²) in [4.78, 5) is 9.01. The number of hydrogen-bond acceptors (Lipinski definition) is 4. The first-order valence-electron chi connectivity index (χ1n) is 7.83. The van der Waals surface area contributed by atoms with Crippen molar-refractivity contribution in [3.8, 4) is 17.0 Å². The van der Waals surface area contributed by atoms with E-state index in [4.69, 9.17) is 4.98 Å². The molecular formula is C18H19IN3OPS. The molecular weight excluding hydrogens is 464 g/mol. The van der Waals surface area contributed by atoms with Crippen LogP contribution in [-0.4, -0.2) is 19.6 Å². The predicted molar refractivity (Wildman–Crippen MR) is 114 cm³/mol. The second-order valence-corrected chi connectivity index (χ2v) is 10.8. The van der Waals surface area contributed by atoms with Crippen LogP contribution in [0.5, 0.6) is 5.75 Å². The lowest BCUT2D eigenvalue weighted by molar-refractivity contribution is 0.461. The van der Waals surface area contributed by atoms with Gasteiger partial charge in [0.05, 0.1) is 12.5 Å². The van der Waals surface area contributed by atoms with Crippen molar-refractivity contribution in [3.63, 3.8) is 0 Å². The molecule has 0 saturated heterocycles. The maximum absolute atomic E-state index is 9.48. The number of alkyl halides is 1. The van der Waals surface area contributed by atoms with Gasteiger partial charge in [-0.25, -0.2) is 9.97 Å². The second kappa shape index (κ2) is 7.64. The number of pyridine rings is 1. The third kappa shape index (κ3) is 4.01. The van der Waals surface area contributed by atoms with E-state index in [1.54, 1.807) is 17.8 Å². The van der Waals surface area contributed by atoms with Crippen LogP contribution in [0.15, 0.2) is 65.0 Å². The molecule has 1 aromatic carbocycles. The summed E-state index contributed by atoms with van der Waals surface area (Å²) in [5.41, 5.74) is 2.01. The van der Waals surface area contributed by atoms with Gasteiger partial charge in [0.15, 0.2) is 0 Å². The zero-order valence-electron chi connectivity index (χ0n) is 13.9. The molecule has 0 radical (unpaired) electrons. The van der Waals surface area contributed by atoms with Crippen molar-refractivity contribution in [1.29, 1.82) is 0 Å². The summed E-state index contributed by atoms with van der Waals surface area (Å²) in [5.74, 6) is 0.556. The van der Waals surface area contributed by atoms with Crippen LogP contribution in [0.25, 0.3) is 11.3 Å². The van der Waals surface area contributed by atoms with Gasteiger partial charge in [0.1, 0.15) is 24.8 Å². The zero-order valence-corrected chi connectivity index (χ0v) is 18.1. The number of aromatic hydroxyl groups is 1. The maximum atomic E-state index is 9.48. The minimum absolute atomic E-state index is 0.164. The van der Waals surface area contributed by atoms with Crippen molar-refractivity contribution in [2.45, 2.75) is 27.2 Å². The van der Waals surface area contributed by atoms with Crippen LogP contribution in [0.3, 0.4) is 0 Å². The molecule has 130 valence electrons. The molecule has 4 nitrogen and oxygen atoms in total. The second-order valence-electron chi connectivity index (χ2n) is 5.97. The van der Waals surface area contributed by atoms with Crippen LogP contribution < -0.4 is 0 Å². The fourth-order valence-corrected chi connectivity index (χ4v) is 4.11. The Kier molecular flexibility index (Phi) is 5.71. The Morgan fingerprint density at radius 3 is 2.48 bits per heavy atom. The first-order chi connectivity index (χ1) is 11.9. The minimum Gasteiger partial charge on any atom is -0.506 e. The first kappa shape index (κ1) is 18.7. The van der Waals surface area contributed by atoms with E-state index < -0.39 is 0 Å². The highest BCUT2D eigenvalue weighted by atomic mass is 127. The Hall–Kier alpha value is -1.11. The lowest BCUT2D eigenvalue weighted by Crippen LogP contribution is -2.25. The van der Waals surface area contributed by atoms with E-state index in [-0.39, 0.29) is 9.04 Å². The molecule has 0 bridgehead atoms. The van der Waals surface area contributed by atoms with E-state index in [9.17, 15) is 5.11 Å². The summed E-state index contributed by atoms with van der Waals surface area (Å²) in [6.45, 7) is 4.38. The standard InChI is InChI=1S/C18H19IN3OPS/c1-12(2)18(19,24)22-11-21-16(13-6-4-3-5-7-13)17(22)25-15-9-8-14(23)10-20-15/h3-12,23H,24H2,1-2H3. The van der Waals surface area contributed by atoms with Crippen molar-refractivity contribution < 1.29 is 5.11 Å². The van der Waals surface area contributed by atoms with Crippen molar-refractivity contribution in [3.05, 3.63) is 55.0 Å². The van der Waals surface area contributed by atoms with Crippen LogP contribution in [0.2, 0.25) is 0 Å². The number of halogens is 1. The van der Waals surface area contributed by atoms with E-state index in [1.807, 2.05) is 30.6 Å². The first-order valence-corrected chi connectivity index (χ1v) is 10.3. The molecule has 3 rings (SSSR count). The van der Waals surface area contributed by atoms with Gasteiger partial charge >= 0.3 is 0 Å². The Bertz CT molecular complexity index is 851. The topological polar surface area (TPSA) is 50.9 Å². The fourth-order valence-electron chi connectivity index (χ4n) is 2.28. The minimum atomic E-state index is -0.197. The molecule has 0 saturated carbocycles. The summed E-state index contributed by atoms with van der Waals surface area (Å²) < 4.78 is 1.99. The van der Waals surface area contributed by atoms with E-state index in [1.165, 1.54) is 6.20 Å². The molecule has 0 fully saturated rings. The lowest BCUT2D eigenvalue weighted by Gasteiger charge is -2.30. The Morgan fingerprint density at radius 1 is 1.16 bits per heavy atom.